The van der Waals surface area contributed by atoms with Gasteiger partial charge in [-0.05, 0) is 30.3 Å². The number of halogens is 1. The van der Waals surface area contributed by atoms with E-state index < -0.39 is 32.5 Å². The van der Waals surface area contributed by atoms with Crippen LogP contribution in [0.4, 0.5) is 10.1 Å². The molecule has 0 aliphatic heterocycles. The van der Waals surface area contributed by atoms with Gasteiger partial charge >= 0.3 is 5.97 Å². The highest BCUT2D eigenvalue weighted by molar-refractivity contribution is 7.92. The Labute approximate surface area is 119 Å². The Kier molecular flexibility index (Phi) is 3.81. The maximum Gasteiger partial charge on any atom is 0.335 e. The zero-order valence-electron chi connectivity index (χ0n) is 10.4. The van der Waals surface area contributed by atoms with Crippen LogP contribution in [-0.4, -0.2) is 24.6 Å². The molecule has 110 valence electrons. The predicted molar refractivity (Wildman–Crippen MR) is 72.3 cm³/mol. The summed E-state index contributed by atoms with van der Waals surface area (Å²) in [4.78, 5) is 10.2. The van der Waals surface area contributed by atoms with E-state index >= 15 is 0 Å². The summed E-state index contributed by atoms with van der Waals surface area (Å²) in [6.07, 6.45) is 0. The number of benzene rings is 2. The molecule has 2 aromatic carbocycles. The van der Waals surface area contributed by atoms with E-state index in [0.29, 0.717) is 0 Å². The van der Waals surface area contributed by atoms with E-state index in [9.17, 15) is 22.7 Å². The second kappa shape index (κ2) is 5.41. The number of nitrogens with one attached hydrogen (secondary N) is 1. The monoisotopic (exact) mass is 311 g/mol. The molecule has 2 aromatic rings. The molecule has 0 heterocycles. The van der Waals surface area contributed by atoms with Crippen LogP contribution in [0.15, 0.2) is 47.4 Å². The van der Waals surface area contributed by atoms with E-state index in [4.69, 9.17) is 5.11 Å². The second-order valence-electron chi connectivity index (χ2n) is 4.07. The number of phenolic OH excluding ortho intramolecular Hbond substituents is 1. The van der Waals surface area contributed by atoms with Crippen molar-refractivity contribution in [1.29, 1.82) is 0 Å². The number of carboxylic acids is 1. The molecule has 0 saturated carbocycles. The molecule has 0 atom stereocenters. The van der Waals surface area contributed by atoms with Crippen LogP contribution in [0.5, 0.6) is 5.75 Å². The molecule has 0 spiro atoms. The van der Waals surface area contributed by atoms with Gasteiger partial charge in [-0.2, -0.15) is 0 Å². The molecular weight excluding hydrogens is 301 g/mol. The van der Waals surface area contributed by atoms with Gasteiger partial charge in [0.2, 0.25) is 0 Å². The maximum atomic E-state index is 13.5. The lowest BCUT2D eigenvalue weighted by Crippen LogP contribution is -2.15. The lowest BCUT2D eigenvalue weighted by Gasteiger charge is -2.10. The van der Waals surface area contributed by atoms with E-state index in [2.05, 4.69) is 0 Å². The minimum atomic E-state index is -4.29. The van der Waals surface area contributed by atoms with Crippen molar-refractivity contribution in [2.75, 3.05) is 4.72 Å². The molecule has 0 aliphatic carbocycles. The molecule has 0 radical (unpaired) electrons. The average Bonchev–Trinajstić information content (AvgIpc) is 2.41. The van der Waals surface area contributed by atoms with Gasteiger partial charge in [0.05, 0.1) is 11.3 Å². The van der Waals surface area contributed by atoms with Crippen LogP contribution in [0.3, 0.4) is 0 Å². The maximum absolute atomic E-state index is 13.5. The van der Waals surface area contributed by atoms with Gasteiger partial charge in [-0.3, -0.25) is 4.72 Å². The van der Waals surface area contributed by atoms with E-state index in [-0.39, 0.29) is 11.3 Å². The van der Waals surface area contributed by atoms with Crippen molar-refractivity contribution in [2.24, 2.45) is 0 Å². The van der Waals surface area contributed by atoms with Crippen LogP contribution >= 0.6 is 0 Å². The first-order valence-electron chi connectivity index (χ1n) is 5.65. The molecular formula is C13H10FNO5S. The largest absolute Gasteiger partial charge is 0.506 e. The smallest absolute Gasteiger partial charge is 0.335 e. The number of sulfonamides is 1. The van der Waals surface area contributed by atoms with Gasteiger partial charge in [-0.15, -0.1) is 0 Å². The van der Waals surface area contributed by atoms with E-state index in [0.717, 1.165) is 30.3 Å². The average molecular weight is 311 g/mol. The van der Waals surface area contributed by atoms with Gasteiger partial charge in [-0.1, -0.05) is 12.1 Å². The normalized spacial score (nSPS) is 11.1. The van der Waals surface area contributed by atoms with E-state index in [1.54, 1.807) is 0 Å². The Bertz CT molecular complexity index is 804. The molecule has 0 saturated heterocycles. The highest BCUT2D eigenvalue weighted by atomic mass is 32.2. The van der Waals surface area contributed by atoms with Crippen LogP contribution in [0.2, 0.25) is 0 Å². The zero-order valence-corrected chi connectivity index (χ0v) is 11.3. The first-order valence-corrected chi connectivity index (χ1v) is 7.13. The van der Waals surface area contributed by atoms with Crippen molar-refractivity contribution in [3.63, 3.8) is 0 Å². The Hall–Kier alpha value is -2.61. The standard InChI is InChI=1S/C13H10FNO5S/c14-9-3-1-2-4-12(9)21(19,20)15-10-7-8(13(17)18)5-6-11(10)16/h1-7,15-16H,(H,17,18). The number of hydrogen-bond acceptors (Lipinski definition) is 4. The zero-order chi connectivity index (χ0) is 15.6. The molecule has 0 fully saturated rings. The molecule has 21 heavy (non-hydrogen) atoms. The number of rotatable bonds is 4. The summed E-state index contributed by atoms with van der Waals surface area (Å²) in [5.41, 5.74) is -0.572. The fourth-order valence-electron chi connectivity index (χ4n) is 1.61. The van der Waals surface area contributed by atoms with Crippen molar-refractivity contribution in [2.45, 2.75) is 4.90 Å². The molecule has 2 rings (SSSR count). The summed E-state index contributed by atoms with van der Waals surface area (Å²) < 4.78 is 39.6. The van der Waals surface area contributed by atoms with Gasteiger partial charge in [0.15, 0.2) is 0 Å². The van der Waals surface area contributed by atoms with Gasteiger partial charge in [0, 0.05) is 0 Å². The van der Waals surface area contributed by atoms with E-state index in [1.807, 2.05) is 4.72 Å². The van der Waals surface area contributed by atoms with Gasteiger partial charge in [0.1, 0.15) is 16.5 Å². The first-order chi connectivity index (χ1) is 9.81. The topological polar surface area (TPSA) is 104 Å². The fourth-order valence-corrected chi connectivity index (χ4v) is 2.76. The van der Waals surface area contributed by atoms with Crippen LogP contribution in [-0.2, 0) is 10.0 Å². The number of aromatic hydroxyl groups is 1. The first kappa shape index (κ1) is 14.8. The van der Waals surface area contributed by atoms with Crippen molar-refractivity contribution >= 4 is 21.7 Å². The molecule has 8 heteroatoms. The van der Waals surface area contributed by atoms with Crippen molar-refractivity contribution in [3.8, 4) is 5.75 Å². The number of carboxylic acid groups (broad SMARTS) is 1. The highest BCUT2D eigenvalue weighted by Crippen LogP contribution is 2.27. The molecule has 0 amide bonds. The fraction of sp³-hybridized carbons (Fsp3) is 0. The Morgan fingerprint density at radius 1 is 1.14 bits per heavy atom. The summed E-state index contributed by atoms with van der Waals surface area (Å²) in [5, 5.41) is 18.4. The van der Waals surface area contributed by atoms with Crippen LogP contribution in [0.1, 0.15) is 10.4 Å². The number of anilines is 1. The molecule has 0 unspecified atom stereocenters. The Morgan fingerprint density at radius 3 is 2.43 bits per heavy atom. The van der Waals surface area contributed by atoms with E-state index in [1.165, 1.54) is 12.1 Å². The molecule has 0 bridgehead atoms. The van der Waals surface area contributed by atoms with Gasteiger partial charge < -0.3 is 10.2 Å². The Morgan fingerprint density at radius 2 is 1.81 bits per heavy atom. The minimum Gasteiger partial charge on any atom is -0.506 e. The van der Waals surface area contributed by atoms with Gasteiger partial charge in [0.25, 0.3) is 10.0 Å². The van der Waals surface area contributed by atoms with Gasteiger partial charge in [-0.25, -0.2) is 17.6 Å². The third-order valence-corrected chi connectivity index (χ3v) is 4.01. The molecule has 6 nitrogen and oxygen atoms in total. The molecule has 0 aliphatic rings. The SMILES string of the molecule is O=C(O)c1ccc(O)c(NS(=O)(=O)c2ccccc2F)c1. The number of phenols is 1. The summed E-state index contributed by atoms with van der Waals surface area (Å²) in [6.45, 7) is 0. The van der Waals surface area contributed by atoms with Crippen LogP contribution < -0.4 is 4.72 Å². The number of hydrogen-bond donors (Lipinski definition) is 3. The van der Waals surface area contributed by atoms with Crippen LogP contribution in [0.25, 0.3) is 0 Å². The third-order valence-electron chi connectivity index (χ3n) is 2.61. The lowest BCUT2D eigenvalue weighted by atomic mass is 10.2. The lowest BCUT2D eigenvalue weighted by molar-refractivity contribution is 0.0697. The number of aromatic carboxylic acids is 1. The highest BCUT2D eigenvalue weighted by Gasteiger charge is 2.20. The van der Waals surface area contributed by atoms with Crippen molar-refractivity contribution in [3.05, 3.63) is 53.8 Å². The molecule has 0 aromatic heterocycles. The summed E-state index contributed by atoms with van der Waals surface area (Å²) >= 11 is 0. The summed E-state index contributed by atoms with van der Waals surface area (Å²) in [5.74, 6) is -2.72. The quantitative estimate of drug-likeness (QED) is 0.750. The summed E-state index contributed by atoms with van der Waals surface area (Å²) in [6, 6.07) is 7.77. The third kappa shape index (κ3) is 3.11. The minimum absolute atomic E-state index is 0.223. The van der Waals surface area contributed by atoms with Crippen LogP contribution in [0, 0.1) is 5.82 Å². The summed E-state index contributed by atoms with van der Waals surface area (Å²) in [7, 11) is -4.29. The molecule has 3 N–H and O–H groups in total. The second-order valence-corrected chi connectivity index (χ2v) is 5.72. The van der Waals surface area contributed by atoms with Crippen molar-refractivity contribution in [1.82, 2.24) is 0 Å². The number of carbonyl (C=O) groups is 1. The van der Waals surface area contributed by atoms with Crippen molar-refractivity contribution < 1.29 is 27.8 Å². The predicted octanol–water partition coefficient (Wildman–Crippen LogP) is 2.03. The Balaban J connectivity index is 2.44.